The number of rotatable bonds is 4. The number of hydrogen-bond acceptors (Lipinski definition) is 5. The fourth-order valence-corrected chi connectivity index (χ4v) is 3.14. The topological polar surface area (TPSA) is 88.3 Å². The number of likely N-dealkylation sites (tertiary alicyclic amines) is 1. The number of carbonyl (C=O) groups is 2. The maximum Gasteiger partial charge on any atom is 0.255 e. The van der Waals surface area contributed by atoms with Crippen molar-refractivity contribution in [3.05, 3.63) is 46.3 Å². The highest BCUT2D eigenvalue weighted by Crippen LogP contribution is 2.23. The molecule has 1 aromatic carbocycles. The van der Waals surface area contributed by atoms with E-state index in [9.17, 15) is 14.0 Å². The number of hydrogen-bond donors (Lipinski definition) is 1. The molecule has 0 aliphatic carbocycles. The number of halogens is 2. The zero-order chi connectivity index (χ0) is 18.7. The Kier molecular flexibility index (Phi) is 5.51. The van der Waals surface area contributed by atoms with Crippen molar-refractivity contribution < 1.29 is 18.5 Å². The van der Waals surface area contributed by atoms with Crippen LogP contribution in [0.1, 0.15) is 34.9 Å². The Bertz CT molecular complexity index is 818. The average molecular weight is 381 g/mol. The summed E-state index contributed by atoms with van der Waals surface area (Å²) in [6.07, 6.45) is 1.08. The lowest BCUT2D eigenvalue weighted by atomic mass is 9.95. The van der Waals surface area contributed by atoms with E-state index in [1.807, 2.05) is 0 Å². The van der Waals surface area contributed by atoms with Crippen LogP contribution in [0.15, 0.2) is 22.7 Å². The molecule has 0 atom stereocenters. The summed E-state index contributed by atoms with van der Waals surface area (Å²) in [5.41, 5.74) is 0.266. The zero-order valence-electron chi connectivity index (χ0n) is 14.2. The van der Waals surface area contributed by atoms with Crippen LogP contribution in [0, 0.1) is 18.7 Å². The molecule has 0 saturated carbocycles. The number of aryl methyl sites for hydroxylation is 1. The van der Waals surface area contributed by atoms with Gasteiger partial charge in [-0.05, 0) is 38.0 Å². The minimum Gasteiger partial charge on any atom is -0.347 e. The highest BCUT2D eigenvalue weighted by atomic mass is 35.5. The average Bonchev–Trinajstić information content (AvgIpc) is 3.04. The molecule has 1 N–H and O–H groups in total. The van der Waals surface area contributed by atoms with Crippen LogP contribution in [0.3, 0.4) is 0 Å². The number of nitrogens with one attached hydrogen (secondary N) is 1. The third kappa shape index (κ3) is 4.19. The van der Waals surface area contributed by atoms with Gasteiger partial charge in [0, 0.05) is 19.0 Å². The molecule has 7 nitrogen and oxygen atoms in total. The highest BCUT2D eigenvalue weighted by Gasteiger charge is 2.28. The lowest BCUT2D eigenvalue weighted by Gasteiger charge is -2.31. The van der Waals surface area contributed by atoms with E-state index >= 15 is 0 Å². The molecule has 1 aliphatic rings. The van der Waals surface area contributed by atoms with E-state index in [-0.39, 0.29) is 34.9 Å². The molecule has 2 amide bonds. The van der Waals surface area contributed by atoms with Crippen LogP contribution in [0.2, 0.25) is 5.02 Å². The van der Waals surface area contributed by atoms with E-state index in [1.165, 1.54) is 12.1 Å². The lowest BCUT2D eigenvalue weighted by molar-refractivity contribution is -0.126. The molecule has 0 unspecified atom stereocenters. The van der Waals surface area contributed by atoms with Gasteiger partial charge in [0.15, 0.2) is 5.82 Å². The largest absolute Gasteiger partial charge is 0.347 e. The first kappa shape index (κ1) is 18.3. The summed E-state index contributed by atoms with van der Waals surface area (Å²) in [4.78, 5) is 30.4. The summed E-state index contributed by atoms with van der Waals surface area (Å²) in [5, 5.41) is 6.52. The van der Waals surface area contributed by atoms with Gasteiger partial charge in [-0.2, -0.15) is 4.98 Å². The van der Waals surface area contributed by atoms with Crippen molar-refractivity contribution in [1.82, 2.24) is 20.4 Å². The van der Waals surface area contributed by atoms with Crippen LogP contribution in [0.5, 0.6) is 0 Å². The molecule has 2 aromatic rings. The first-order chi connectivity index (χ1) is 12.4. The Balaban J connectivity index is 1.51. The Morgan fingerprint density at radius 3 is 2.73 bits per heavy atom. The van der Waals surface area contributed by atoms with Crippen LogP contribution in [0.25, 0.3) is 0 Å². The van der Waals surface area contributed by atoms with Crippen LogP contribution < -0.4 is 5.32 Å². The maximum absolute atomic E-state index is 13.1. The quantitative estimate of drug-likeness (QED) is 0.879. The summed E-state index contributed by atoms with van der Waals surface area (Å²) in [7, 11) is 0. The predicted molar refractivity (Wildman–Crippen MR) is 90.9 cm³/mol. The highest BCUT2D eigenvalue weighted by molar-refractivity contribution is 6.33. The second-order valence-electron chi connectivity index (χ2n) is 6.14. The van der Waals surface area contributed by atoms with Gasteiger partial charge in [0.2, 0.25) is 11.8 Å². The number of amides is 2. The van der Waals surface area contributed by atoms with Crippen molar-refractivity contribution in [2.75, 3.05) is 13.1 Å². The number of aromatic nitrogens is 2. The minimum atomic E-state index is -0.488. The van der Waals surface area contributed by atoms with Crippen molar-refractivity contribution in [2.45, 2.75) is 26.3 Å². The molecule has 9 heteroatoms. The van der Waals surface area contributed by atoms with Gasteiger partial charge >= 0.3 is 0 Å². The predicted octanol–water partition coefficient (Wildman–Crippen LogP) is 2.34. The molecule has 3 rings (SSSR count). The van der Waals surface area contributed by atoms with E-state index in [2.05, 4.69) is 15.5 Å². The fourth-order valence-electron chi connectivity index (χ4n) is 2.90. The van der Waals surface area contributed by atoms with Crippen molar-refractivity contribution in [2.24, 2.45) is 5.92 Å². The Labute approximate surface area is 154 Å². The van der Waals surface area contributed by atoms with Crippen molar-refractivity contribution in [3.8, 4) is 0 Å². The van der Waals surface area contributed by atoms with Gasteiger partial charge in [0.05, 0.1) is 17.1 Å². The van der Waals surface area contributed by atoms with Gasteiger partial charge in [0.25, 0.3) is 5.91 Å². The van der Waals surface area contributed by atoms with E-state index in [4.69, 9.17) is 16.1 Å². The minimum absolute atomic E-state index is 0.0877. The summed E-state index contributed by atoms with van der Waals surface area (Å²) >= 11 is 5.95. The second kappa shape index (κ2) is 7.82. The molecule has 1 aromatic heterocycles. The molecule has 1 saturated heterocycles. The summed E-state index contributed by atoms with van der Waals surface area (Å²) in [5.74, 6) is -0.164. The second-order valence-corrected chi connectivity index (χ2v) is 6.55. The smallest absolute Gasteiger partial charge is 0.255 e. The van der Waals surface area contributed by atoms with Crippen LogP contribution in [0.4, 0.5) is 4.39 Å². The maximum atomic E-state index is 13.1. The summed E-state index contributed by atoms with van der Waals surface area (Å²) < 4.78 is 18.1. The molecule has 0 radical (unpaired) electrons. The van der Waals surface area contributed by atoms with Gasteiger partial charge < -0.3 is 14.7 Å². The molecular weight excluding hydrogens is 363 g/mol. The molecule has 26 heavy (non-hydrogen) atoms. The monoisotopic (exact) mass is 380 g/mol. The summed E-state index contributed by atoms with van der Waals surface area (Å²) in [6.45, 7) is 2.76. The lowest BCUT2D eigenvalue weighted by Crippen LogP contribution is -2.43. The van der Waals surface area contributed by atoms with Crippen LogP contribution in [-0.4, -0.2) is 39.9 Å². The molecule has 0 bridgehead atoms. The van der Waals surface area contributed by atoms with Crippen molar-refractivity contribution >= 4 is 23.4 Å². The number of benzene rings is 1. The van der Waals surface area contributed by atoms with E-state index in [0.717, 1.165) is 6.07 Å². The Hall–Kier alpha value is -2.48. The van der Waals surface area contributed by atoms with Gasteiger partial charge in [-0.1, -0.05) is 16.8 Å². The molecule has 0 spiro atoms. The number of carbonyl (C=O) groups excluding carboxylic acids is 2. The van der Waals surface area contributed by atoms with Crippen molar-refractivity contribution in [3.63, 3.8) is 0 Å². The van der Waals surface area contributed by atoms with Gasteiger partial charge in [-0.3, -0.25) is 9.59 Å². The molecule has 2 heterocycles. The first-order valence-electron chi connectivity index (χ1n) is 8.25. The van der Waals surface area contributed by atoms with Crippen molar-refractivity contribution in [1.29, 1.82) is 0 Å². The molecule has 138 valence electrons. The molecular formula is C17H18ClFN4O3. The Morgan fingerprint density at radius 1 is 1.38 bits per heavy atom. The number of piperidine rings is 1. The van der Waals surface area contributed by atoms with Gasteiger partial charge in [0.1, 0.15) is 5.82 Å². The standard InChI is InChI=1S/C17H18ClFN4O3/c1-10-21-15(26-22-10)9-20-16(24)11-4-6-23(7-5-11)17(25)13-3-2-12(19)8-14(13)18/h2-3,8,11H,4-7,9H2,1H3,(H,20,24). The zero-order valence-corrected chi connectivity index (χ0v) is 14.9. The van der Waals surface area contributed by atoms with Gasteiger partial charge in [-0.15, -0.1) is 0 Å². The van der Waals surface area contributed by atoms with E-state index < -0.39 is 5.82 Å². The number of nitrogens with zero attached hydrogens (tertiary/aromatic N) is 3. The third-order valence-electron chi connectivity index (χ3n) is 4.30. The van der Waals surface area contributed by atoms with E-state index in [1.54, 1.807) is 11.8 Å². The first-order valence-corrected chi connectivity index (χ1v) is 8.63. The molecule has 1 aliphatic heterocycles. The normalized spacial score (nSPS) is 15.1. The van der Waals surface area contributed by atoms with E-state index in [0.29, 0.717) is 37.6 Å². The third-order valence-corrected chi connectivity index (χ3v) is 4.61. The van der Waals surface area contributed by atoms with Crippen LogP contribution in [-0.2, 0) is 11.3 Å². The SMILES string of the molecule is Cc1noc(CNC(=O)C2CCN(C(=O)c3ccc(F)cc3Cl)CC2)n1. The fraction of sp³-hybridized carbons (Fsp3) is 0.412. The van der Waals surface area contributed by atoms with Gasteiger partial charge in [-0.25, -0.2) is 4.39 Å². The van der Waals surface area contributed by atoms with Crippen LogP contribution >= 0.6 is 11.6 Å². The molecule has 1 fully saturated rings. The summed E-state index contributed by atoms with van der Waals surface area (Å²) in [6, 6.07) is 3.71. The Morgan fingerprint density at radius 2 is 2.12 bits per heavy atom.